The maximum atomic E-state index is 12.1. The highest BCUT2D eigenvalue weighted by molar-refractivity contribution is 6.01. The van der Waals surface area contributed by atoms with Crippen LogP contribution in [0.2, 0.25) is 0 Å². The highest BCUT2D eigenvalue weighted by Crippen LogP contribution is 2.30. The van der Waals surface area contributed by atoms with Crippen LogP contribution in [0.4, 0.5) is 0 Å². The van der Waals surface area contributed by atoms with Gasteiger partial charge in [0.25, 0.3) is 0 Å². The summed E-state index contributed by atoms with van der Waals surface area (Å²) in [6.07, 6.45) is 9.78. The maximum Gasteiger partial charge on any atom is 0.234 e. The van der Waals surface area contributed by atoms with Crippen LogP contribution in [0.5, 0.6) is 0 Å². The molecule has 0 saturated carbocycles. The molecule has 1 unspecified atom stereocenters. The molecule has 1 fully saturated rings. The summed E-state index contributed by atoms with van der Waals surface area (Å²) in [7, 11) is 1.68. The molecule has 0 aromatic rings. The third-order valence-corrected chi connectivity index (χ3v) is 3.06. The number of hydrogen-bond acceptors (Lipinski definition) is 3. The van der Waals surface area contributed by atoms with Gasteiger partial charge in [0.2, 0.25) is 5.91 Å². The van der Waals surface area contributed by atoms with Crippen molar-refractivity contribution in [1.29, 1.82) is 0 Å². The van der Waals surface area contributed by atoms with Gasteiger partial charge in [-0.2, -0.15) is 0 Å². The molecule has 1 spiro atoms. The molecular weight excluding hydrogens is 218 g/mol. The Bertz CT molecular complexity index is 418. The van der Waals surface area contributed by atoms with Gasteiger partial charge in [-0.15, -0.1) is 0 Å². The summed E-state index contributed by atoms with van der Waals surface area (Å²) in [6, 6.07) is 0. The first-order valence-electron chi connectivity index (χ1n) is 5.56. The fourth-order valence-corrected chi connectivity index (χ4v) is 2.02. The van der Waals surface area contributed by atoms with Crippen molar-refractivity contribution in [1.82, 2.24) is 4.90 Å². The standard InChI is InChI=1S/C13H15NO3/c1-3-4-10-9-17-13(14(2)12(10)16)7-5-11(15)6-8-13/h3-8,10H,9H2,1-2H3/b4-3-. The Balaban J connectivity index is 2.25. The molecule has 0 aromatic carbocycles. The quantitative estimate of drug-likeness (QED) is 0.636. The summed E-state index contributed by atoms with van der Waals surface area (Å²) in [5, 5.41) is 0. The first kappa shape index (κ1) is 11.8. The summed E-state index contributed by atoms with van der Waals surface area (Å²) in [5.74, 6) is -0.330. The van der Waals surface area contributed by atoms with E-state index in [4.69, 9.17) is 4.74 Å². The van der Waals surface area contributed by atoms with Crippen LogP contribution in [-0.2, 0) is 14.3 Å². The van der Waals surface area contributed by atoms with Gasteiger partial charge in [-0.3, -0.25) is 9.59 Å². The average molecular weight is 233 g/mol. The molecule has 0 aromatic heterocycles. The second kappa shape index (κ2) is 4.30. The Morgan fingerprint density at radius 2 is 2.06 bits per heavy atom. The average Bonchev–Trinajstić information content (AvgIpc) is 2.34. The Labute approximate surface area is 100 Å². The van der Waals surface area contributed by atoms with E-state index in [1.807, 2.05) is 19.1 Å². The molecule has 0 radical (unpaired) electrons. The van der Waals surface area contributed by atoms with E-state index in [-0.39, 0.29) is 17.6 Å². The number of carbonyl (C=O) groups excluding carboxylic acids is 2. The van der Waals surface area contributed by atoms with E-state index in [0.717, 1.165) is 0 Å². The van der Waals surface area contributed by atoms with Gasteiger partial charge < -0.3 is 9.64 Å². The predicted molar refractivity (Wildman–Crippen MR) is 63.0 cm³/mol. The Morgan fingerprint density at radius 3 is 2.65 bits per heavy atom. The van der Waals surface area contributed by atoms with Crippen LogP contribution in [0.3, 0.4) is 0 Å². The van der Waals surface area contributed by atoms with Crippen molar-refractivity contribution in [2.75, 3.05) is 13.7 Å². The largest absolute Gasteiger partial charge is 0.347 e. The van der Waals surface area contributed by atoms with Gasteiger partial charge in [0.15, 0.2) is 11.5 Å². The summed E-state index contributed by atoms with van der Waals surface area (Å²) in [4.78, 5) is 24.7. The molecule has 17 heavy (non-hydrogen) atoms. The third-order valence-electron chi connectivity index (χ3n) is 3.06. The highest BCUT2D eigenvalue weighted by Gasteiger charge is 2.42. The highest BCUT2D eigenvalue weighted by atomic mass is 16.5. The van der Waals surface area contributed by atoms with Crippen LogP contribution in [0, 0.1) is 5.92 Å². The van der Waals surface area contributed by atoms with E-state index in [1.54, 1.807) is 19.2 Å². The molecule has 4 heteroatoms. The van der Waals surface area contributed by atoms with Gasteiger partial charge in [0.05, 0.1) is 12.5 Å². The van der Waals surface area contributed by atoms with Crippen LogP contribution in [0.1, 0.15) is 6.92 Å². The van der Waals surface area contributed by atoms with Gasteiger partial charge in [0.1, 0.15) is 0 Å². The van der Waals surface area contributed by atoms with E-state index in [2.05, 4.69) is 0 Å². The van der Waals surface area contributed by atoms with Gasteiger partial charge >= 0.3 is 0 Å². The first-order valence-corrected chi connectivity index (χ1v) is 5.56. The summed E-state index contributed by atoms with van der Waals surface area (Å²) >= 11 is 0. The second-order valence-corrected chi connectivity index (χ2v) is 4.16. The number of carbonyl (C=O) groups is 2. The molecule has 2 rings (SSSR count). The lowest BCUT2D eigenvalue weighted by molar-refractivity contribution is -0.171. The van der Waals surface area contributed by atoms with E-state index >= 15 is 0 Å². The molecular formula is C13H15NO3. The monoisotopic (exact) mass is 233 g/mol. The predicted octanol–water partition coefficient (Wildman–Crippen LogP) is 1.06. The zero-order valence-electron chi connectivity index (χ0n) is 9.92. The van der Waals surface area contributed by atoms with Gasteiger partial charge in [-0.05, 0) is 31.2 Å². The Kier molecular flexibility index (Phi) is 2.98. The summed E-state index contributed by atoms with van der Waals surface area (Å²) < 4.78 is 5.73. The van der Waals surface area contributed by atoms with Crippen molar-refractivity contribution >= 4 is 11.7 Å². The van der Waals surface area contributed by atoms with Crippen molar-refractivity contribution in [3.63, 3.8) is 0 Å². The van der Waals surface area contributed by atoms with E-state index in [9.17, 15) is 9.59 Å². The SMILES string of the molecule is C/C=C\C1COC2(C=CC(=O)C=C2)N(C)C1=O. The van der Waals surface area contributed by atoms with Crippen molar-refractivity contribution in [2.24, 2.45) is 5.92 Å². The molecule has 4 nitrogen and oxygen atoms in total. The number of ketones is 1. The normalized spacial score (nSPS) is 27.4. The number of likely N-dealkylation sites (N-methyl/N-ethyl adjacent to an activating group) is 1. The Morgan fingerprint density at radius 1 is 1.41 bits per heavy atom. The fraction of sp³-hybridized carbons (Fsp3) is 0.385. The zero-order chi connectivity index (χ0) is 12.5. The second-order valence-electron chi connectivity index (χ2n) is 4.16. The molecule has 1 aliphatic carbocycles. The number of ether oxygens (including phenoxy) is 1. The molecule has 90 valence electrons. The maximum absolute atomic E-state index is 12.1. The van der Waals surface area contributed by atoms with Crippen molar-refractivity contribution in [2.45, 2.75) is 12.6 Å². The van der Waals surface area contributed by atoms with Gasteiger partial charge in [-0.25, -0.2) is 0 Å². The minimum absolute atomic E-state index is 0.00185. The van der Waals surface area contributed by atoms with Gasteiger partial charge in [0, 0.05) is 7.05 Å². The molecule has 1 amide bonds. The number of hydrogen-bond donors (Lipinski definition) is 0. The third kappa shape index (κ3) is 1.96. The topological polar surface area (TPSA) is 46.6 Å². The van der Waals surface area contributed by atoms with Crippen molar-refractivity contribution in [3.05, 3.63) is 36.5 Å². The molecule has 1 saturated heterocycles. The molecule has 2 aliphatic rings. The first-order chi connectivity index (χ1) is 8.09. The lowest BCUT2D eigenvalue weighted by Crippen LogP contribution is -2.56. The van der Waals surface area contributed by atoms with Crippen LogP contribution >= 0.6 is 0 Å². The van der Waals surface area contributed by atoms with Crippen molar-refractivity contribution in [3.8, 4) is 0 Å². The smallest absolute Gasteiger partial charge is 0.234 e. The fourth-order valence-electron chi connectivity index (χ4n) is 2.02. The van der Waals surface area contributed by atoms with Crippen LogP contribution in [-0.4, -0.2) is 36.0 Å². The van der Waals surface area contributed by atoms with Crippen LogP contribution in [0.15, 0.2) is 36.5 Å². The minimum Gasteiger partial charge on any atom is -0.347 e. The lowest BCUT2D eigenvalue weighted by atomic mass is 9.98. The van der Waals surface area contributed by atoms with Crippen molar-refractivity contribution < 1.29 is 14.3 Å². The molecule has 0 bridgehead atoms. The van der Waals surface area contributed by atoms with Gasteiger partial charge in [-0.1, -0.05) is 12.2 Å². The molecule has 1 aliphatic heterocycles. The number of nitrogens with zero attached hydrogens (tertiary/aromatic N) is 1. The molecule has 0 N–H and O–H groups in total. The number of allylic oxidation sites excluding steroid dienone is 3. The molecule has 1 atom stereocenters. The van der Waals surface area contributed by atoms with E-state index in [1.165, 1.54) is 17.1 Å². The number of rotatable bonds is 1. The summed E-state index contributed by atoms with van der Waals surface area (Å²) in [5.41, 5.74) is -0.886. The van der Waals surface area contributed by atoms with Crippen LogP contribution < -0.4 is 0 Å². The molecule has 1 heterocycles. The Hall–Kier alpha value is -1.68. The van der Waals surface area contributed by atoms with E-state index < -0.39 is 5.72 Å². The van der Waals surface area contributed by atoms with Crippen LogP contribution in [0.25, 0.3) is 0 Å². The minimum atomic E-state index is -0.886. The lowest BCUT2D eigenvalue weighted by Gasteiger charge is -2.43. The zero-order valence-corrected chi connectivity index (χ0v) is 9.92. The summed E-state index contributed by atoms with van der Waals surface area (Å²) in [6.45, 7) is 2.20. The number of amides is 1. The van der Waals surface area contributed by atoms with E-state index in [0.29, 0.717) is 6.61 Å².